The second-order valence-electron chi connectivity index (χ2n) is 3.28. The van der Waals surface area contributed by atoms with Crippen molar-refractivity contribution in [3.05, 3.63) is 47.6 Å². The highest BCUT2D eigenvalue weighted by Gasteiger charge is 2.12. The normalized spacial score (nSPS) is 10.1. The molecular formula is C11H9FN2O2. The van der Waals surface area contributed by atoms with Gasteiger partial charge in [0.2, 0.25) is 0 Å². The van der Waals surface area contributed by atoms with Gasteiger partial charge in [0.15, 0.2) is 0 Å². The Morgan fingerprint density at radius 1 is 1.50 bits per heavy atom. The van der Waals surface area contributed by atoms with E-state index in [1.165, 1.54) is 24.5 Å². The van der Waals surface area contributed by atoms with Gasteiger partial charge in [-0.3, -0.25) is 4.79 Å². The van der Waals surface area contributed by atoms with Crippen molar-refractivity contribution in [1.82, 2.24) is 5.16 Å². The Labute approximate surface area is 91.1 Å². The summed E-state index contributed by atoms with van der Waals surface area (Å²) in [5, 5.41) is 6.13. The molecule has 0 aliphatic carbocycles. The predicted molar refractivity (Wildman–Crippen MR) is 55.6 cm³/mol. The van der Waals surface area contributed by atoms with Crippen molar-refractivity contribution in [3.8, 4) is 0 Å². The molecule has 0 saturated heterocycles. The SMILES string of the molecule is Cc1nocc1C(=O)Nc1cccc(F)c1. The van der Waals surface area contributed by atoms with Crippen LogP contribution in [0.2, 0.25) is 0 Å². The number of carbonyl (C=O) groups is 1. The van der Waals surface area contributed by atoms with Gasteiger partial charge >= 0.3 is 0 Å². The molecule has 0 bridgehead atoms. The molecule has 0 radical (unpaired) electrons. The summed E-state index contributed by atoms with van der Waals surface area (Å²) < 4.78 is 17.5. The summed E-state index contributed by atoms with van der Waals surface area (Å²) in [7, 11) is 0. The van der Waals surface area contributed by atoms with E-state index < -0.39 is 5.82 Å². The topological polar surface area (TPSA) is 55.1 Å². The van der Waals surface area contributed by atoms with Gasteiger partial charge in [-0.05, 0) is 25.1 Å². The number of aromatic nitrogens is 1. The first-order chi connectivity index (χ1) is 7.66. The van der Waals surface area contributed by atoms with E-state index in [1.807, 2.05) is 0 Å². The zero-order chi connectivity index (χ0) is 11.5. The summed E-state index contributed by atoms with van der Waals surface area (Å²) >= 11 is 0. The maximum Gasteiger partial charge on any atom is 0.260 e. The van der Waals surface area contributed by atoms with E-state index in [0.717, 1.165) is 0 Å². The lowest BCUT2D eigenvalue weighted by Crippen LogP contribution is -2.12. The third-order valence-corrected chi connectivity index (χ3v) is 2.08. The summed E-state index contributed by atoms with van der Waals surface area (Å²) in [5.74, 6) is -0.774. The quantitative estimate of drug-likeness (QED) is 0.845. The van der Waals surface area contributed by atoms with Gasteiger partial charge in [-0.25, -0.2) is 4.39 Å². The second-order valence-corrected chi connectivity index (χ2v) is 3.28. The van der Waals surface area contributed by atoms with E-state index >= 15 is 0 Å². The Morgan fingerprint density at radius 3 is 2.94 bits per heavy atom. The highest BCUT2D eigenvalue weighted by atomic mass is 19.1. The van der Waals surface area contributed by atoms with Crippen LogP contribution >= 0.6 is 0 Å². The minimum Gasteiger partial charge on any atom is -0.364 e. The number of anilines is 1. The van der Waals surface area contributed by atoms with Gasteiger partial charge in [0.25, 0.3) is 5.91 Å². The van der Waals surface area contributed by atoms with Crippen molar-refractivity contribution >= 4 is 11.6 Å². The van der Waals surface area contributed by atoms with Crippen molar-refractivity contribution in [2.24, 2.45) is 0 Å². The van der Waals surface area contributed by atoms with Gasteiger partial charge in [0, 0.05) is 5.69 Å². The molecule has 0 spiro atoms. The number of carbonyl (C=O) groups excluding carboxylic acids is 1. The number of benzene rings is 1. The monoisotopic (exact) mass is 220 g/mol. The number of nitrogens with zero attached hydrogens (tertiary/aromatic N) is 1. The molecular weight excluding hydrogens is 211 g/mol. The molecule has 0 atom stereocenters. The molecule has 1 N–H and O–H groups in total. The molecule has 1 aromatic carbocycles. The molecule has 2 rings (SSSR count). The first kappa shape index (κ1) is 10.4. The number of nitrogens with one attached hydrogen (secondary N) is 1. The molecule has 82 valence electrons. The molecule has 1 heterocycles. The third kappa shape index (κ3) is 2.08. The molecule has 0 unspecified atom stereocenters. The van der Waals surface area contributed by atoms with E-state index in [2.05, 4.69) is 15.0 Å². The van der Waals surface area contributed by atoms with Crippen LogP contribution in [0.4, 0.5) is 10.1 Å². The maximum absolute atomic E-state index is 12.9. The third-order valence-electron chi connectivity index (χ3n) is 2.08. The highest BCUT2D eigenvalue weighted by Crippen LogP contribution is 2.12. The Kier molecular flexibility index (Phi) is 2.68. The Hall–Kier alpha value is -2.17. The van der Waals surface area contributed by atoms with Gasteiger partial charge in [-0.2, -0.15) is 0 Å². The van der Waals surface area contributed by atoms with Crippen LogP contribution in [0.3, 0.4) is 0 Å². The van der Waals surface area contributed by atoms with Gasteiger partial charge in [0.05, 0.1) is 5.69 Å². The summed E-state index contributed by atoms with van der Waals surface area (Å²) in [5.41, 5.74) is 1.23. The van der Waals surface area contributed by atoms with Crippen LogP contribution in [-0.4, -0.2) is 11.1 Å². The zero-order valence-electron chi connectivity index (χ0n) is 8.53. The summed E-state index contributed by atoms with van der Waals surface area (Å²) in [6, 6.07) is 5.66. The van der Waals surface area contributed by atoms with Crippen LogP contribution in [0.5, 0.6) is 0 Å². The van der Waals surface area contributed by atoms with Crippen molar-refractivity contribution < 1.29 is 13.7 Å². The molecule has 0 fully saturated rings. The molecule has 5 heteroatoms. The van der Waals surface area contributed by atoms with Crippen molar-refractivity contribution in [2.75, 3.05) is 5.32 Å². The predicted octanol–water partition coefficient (Wildman–Crippen LogP) is 2.37. The van der Waals surface area contributed by atoms with E-state index in [1.54, 1.807) is 13.0 Å². The van der Waals surface area contributed by atoms with Gasteiger partial charge in [-0.1, -0.05) is 11.2 Å². The van der Waals surface area contributed by atoms with Gasteiger partial charge < -0.3 is 9.84 Å². The lowest BCUT2D eigenvalue weighted by atomic mass is 10.2. The molecule has 0 saturated carbocycles. The molecule has 4 nitrogen and oxygen atoms in total. The highest BCUT2D eigenvalue weighted by molar-refractivity contribution is 6.04. The van der Waals surface area contributed by atoms with Crippen molar-refractivity contribution in [2.45, 2.75) is 6.92 Å². The lowest BCUT2D eigenvalue weighted by Gasteiger charge is -2.03. The van der Waals surface area contributed by atoms with Crippen LogP contribution in [0.15, 0.2) is 35.1 Å². The van der Waals surface area contributed by atoms with Gasteiger partial charge in [-0.15, -0.1) is 0 Å². The average molecular weight is 220 g/mol. The minimum atomic E-state index is -0.403. The largest absolute Gasteiger partial charge is 0.364 e. The van der Waals surface area contributed by atoms with Crippen LogP contribution in [0, 0.1) is 12.7 Å². The Morgan fingerprint density at radius 2 is 2.31 bits per heavy atom. The smallest absolute Gasteiger partial charge is 0.260 e. The molecule has 16 heavy (non-hydrogen) atoms. The van der Waals surface area contributed by atoms with Crippen LogP contribution in [0.25, 0.3) is 0 Å². The molecule has 0 aliphatic heterocycles. The standard InChI is InChI=1S/C11H9FN2O2/c1-7-10(6-16-14-7)11(15)13-9-4-2-3-8(12)5-9/h2-6H,1H3,(H,13,15). The number of halogens is 1. The number of rotatable bonds is 2. The molecule has 0 aliphatic rings. The summed E-state index contributed by atoms with van der Waals surface area (Å²) in [4.78, 5) is 11.7. The van der Waals surface area contributed by atoms with E-state index in [9.17, 15) is 9.18 Å². The number of hydrogen-bond acceptors (Lipinski definition) is 3. The fourth-order valence-electron chi connectivity index (χ4n) is 1.28. The first-order valence-corrected chi connectivity index (χ1v) is 4.65. The molecule has 2 aromatic rings. The van der Waals surface area contributed by atoms with Crippen LogP contribution in [-0.2, 0) is 0 Å². The summed E-state index contributed by atoms with van der Waals surface area (Å²) in [6.45, 7) is 1.66. The lowest BCUT2D eigenvalue weighted by molar-refractivity contribution is 0.102. The van der Waals surface area contributed by atoms with Crippen molar-refractivity contribution in [1.29, 1.82) is 0 Å². The maximum atomic E-state index is 12.9. The minimum absolute atomic E-state index is 0.337. The van der Waals surface area contributed by atoms with E-state index in [0.29, 0.717) is 16.9 Å². The average Bonchev–Trinajstić information content (AvgIpc) is 2.64. The van der Waals surface area contributed by atoms with Crippen LogP contribution in [0.1, 0.15) is 16.1 Å². The van der Waals surface area contributed by atoms with Gasteiger partial charge in [0.1, 0.15) is 17.6 Å². The van der Waals surface area contributed by atoms with E-state index in [-0.39, 0.29) is 5.91 Å². The van der Waals surface area contributed by atoms with Crippen molar-refractivity contribution in [3.63, 3.8) is 0 Å². The Balaban J connectivity index is 2.17. The first-order valence-electron chi connectivity index (χ1n) is 4.65. The van der Waals surface area contributed by atoms with Crippen LogP contribution < -0.4 is 5.32 Å². The van der Waals surface area contributed by atoms with E-state index in [4.69, 9.17) is 0 Å². The number of amides is 1. The zero-order valence-corrected chi connectivity index (χ0v) is 8.53. The fraction of sp³-hybridized carbons (Fsp3) is 0.0909. The second kappa shape index (κ2) is 4.14. The number of hydrogen-bond donors (Lipinski definition) is 1. The molecule has 1 aromatic heterocycles. The summed E-state index contributed by atoms with van der Waals surface area (Å²) in [6.07, 6.45) is 1.25. The fourth-order valence-corrected chi connectivity index (χ4v) is 1.28. The Bertz CT molecular complexity index is 522. The number of aryl methyl sites for hydroxylation is 1. The molecule has 1 amide bonds.